The van der Waals surface area contributed by atoms with Crippen LogP contribution in [0, 0.1) is 6.92 Å². The fraction of sp³-hybridized carbons (Fsp3) is 0.273. The van der Waals surface area contributed by atoms with E-state index in [1.807, 2.05) is 49.4 Å². The van der Waals surface area contributed by atoms with E-state index in [-0.39, 0.29) is 18.4 Å². The van der Waals surface area contributed by atoms with Crippen molar-refractivity contribution in [3.63, 3.8) is 0 Å². The average molecular weight is 380 g/mol. The van der Waals surface area contributed by atoms with Gasteiger partial charge in [-0.15, -0.1) is 0 Å². The number of anilines is 1. The van der Waals surface area contributed by atoms with Crippen molar-refractivity contribution in [3.05, 3.63) is 59.7 Å². The lowest BCUT2D eigenvalue weighted by atomic mass is 10.2. The van der Waals surface area contributed by atoms with E-state index in [9.17, 15) is 9.59 Å². The van der Waals surface area contributed by atoms with Crippen LogP contribution in [0.15, 0.2) is 48.5 Å². The van der Waals surface area contributed by atoms with Gasteiger partial charge in [-0.1, -0.05) is 23.8 Å². The minimum absolute atomic E-state index is 0.0296. The van der Waals surface area contributed by atoms with Crippen molar-refractivity contribution in [1.82, 2.24) is 4.90 Å². The Bertz CT molecular complexity index is 875. The molecular formula is C22H24N2O4. The summed E-state index contributed by atoms with van der Waals surface area (Å²) in [5, 5.41) is 2.78. The molecule has 0 aromatic heterocycles. The first-order valence-electron chi connectivity index (χ1n) is 9.20. The molecule has 0 unspecified atom stereocenters. The quantitative estimate of drug-likeness (QED) is 0.809. The largest absolute Gasteiger partial charge is 0.490 e. The number of hydrogen-bond donors (Lipinski definition) is 1. The Morgan fingerprint density at radius 1 is 1.07 bits per heavy atom. The summed E-state index contributed by atoms with van der Waals surface area (Å²) in [5.41, 5.74) is 2.65. The third kappa shape index (κ3) is 5.36. The molecule has 3 rings (SSSR count). The second-order valence-corrected chi connectivity index (χ2v) is 6.70. The number of aryl methyl sites for hydroxylation is 1. The van der Waals surface area contributed by atoms with E-state index in [4.69, 9.17) is 9.47 Å². The van der Waals surface area contributed by atoms with Gasteiger partial charge in [0, 0.05) is 25.2 Å². The van der Waals surface area contributed by atoms with E-state index in [1.54, 1.807) is 13.1 Å². The number of ether oxygens (including phenoxy) is 2. The van der Waals surface area contributed by atoms with Crippen LogP contribution in [0.3, 0.4) is 0 Å². The smallest absolute Gasteiger partial charge is 0.246 e. The second-order valence-electron chi connectivity index (χ2n) is 6.70. The third-order valence-corrected chi connectivity index (χ3v) is 4.28. The average Bonchev–Trinajstić information content (AvgIpc) is 2.92. The molecule has 28 heavy (non-hydrogen) atoms. The van der Waals surface area contributed by atoms with Crippen LogP contribution in [0.5, 0.6) is 11.5 Å². The van der Waals surface area contributed by atoms with Gasteiger partial charge in [0.15, 0.2) is 11.5 Å². The van der Waals surface area contributed by atoms with E-state index in [0.717, 1.165) is 17.5 Å². The van der Waals surface area contributed by atoms with Crippen LogP contribution in [0.4, 0.5) is 5.69 Å². The minimum atomic E-state index is -0.258. The maximum absolute atomic E-state index is 12.3. The van der Waals surface area contributed by atoms with Gasteiger partial charge in [0.05, 0.1) is 19.8 Å². The number of nitrogens with one attached hydrogen (secondary N) is 1. The molecule has 6 heteroatoms. The Hall–Kier alpha value is -3.28. The molecule has 6 nitrogen and oxygen atoms in total. The topological polar surface area (TPSA) is 67.9 Å². The number of carbonyl (C=O) groups excluding carboxylic acids is 2. The lowest BCUT2D eigenvalue weighted by Gasteiger charge is -2.15. The number of benzene rings is 2. The lowest BCUT2D eigenvalue weighted by molar-refractivity contribution is -0.129. The molecule has 0 bridgehead atoms. The molecular weight excluding hydrogens is 356 g/mol. The first-order chi connectivity index (χ1) is 13.5. The van der Waals surface area contributed by atoms with Gasteiger partial charge in [-0.3, -0.25) is 9.59 Å². The molecule has 0 saturated heterocycles. The molecule has 0 fully saturated rings. The Labute approximate surface area is 164 Å². The van der Waals surface area contributed by atoms with Crippen LogP contribution >= 0.6 is 0 Å². The number of likely N-dealkylation sites (N-methyl/N-ethyl adjacent to an activating group) is 1. The first kappa shape index (κ1) is 19.5. The van der Waals surface area contributed by atoms with E-state index in [1.165, 1.54) is 11.0 Å². The third-order valence-electron chi connectivity index (χ3n) is 4.28. The Balaban J connectivity index is 1.55. The molecule has 1 aliphatic rings. The minimum Gasteiger partial charge on any atom is -0.490 e. The van der Waals surface area contributed by atoms with Crippen molar-refractivity contribution >= 4 is 23.6 Å². The van der Waals surface area contributed by atoms with Crippen molar-refractivity contribution in [3.8, 4) is 11.5 Å². The fourth-order valence-electron chi connectivity index (χ4n) is 2.71. The van der Waals surface area contributed by atoms with Gasteiger partial charge < -0.3 is 19.7 Å². The van der Waals surface area contributed by atoms with Gasteiger partial charge in [-0.25, -0.2) is 0 Å². The van der Waals surface area contributed by atoms with Gasteiger partial charge in [0.25, 0.3) is 0 Å². The molecule has 1 heterocycles. The highest BCUT2D eigenvalue weighted by atomic mass is 16.5. The van der Waals surface area contributed by atoms with Crippen molar-refractivity contribution in [1.29, 1.82) is 0 Å². The lowest BCUT2D eigenvalue weighted by Crippen LogP contribution is -2.33. The standard InChI is InChI=1S/C22H24N2O4/c1-16-4-8-18(9-5-16)23-21(25)15-24(2)22(26)11-7-17-6-10-19-20(14-17)28-13-3-12-27-19/h4-11,14H,3,12-13,15H2,1-2H3,(H,23,25). The van der Waals surface area contributed by atoms with Crippen molar-refractivity contribution in [2.24, 2.45) is 0 Å². The van der Waals surface area contributed by atoms with E-state index in [0.29, 0.717) is 30.4 Å². The number of rotatable bonds is 5. The maximum atomic E-state index is 12.3. The molecule has 0 atom stereocenters. The van der Waals surface area contributed by atoms with E-state index >= 15 is 0 Å². The number of nitrogens with zero attached hydrogens (tertiary/aromatic N) is 1. The van der Waals surface area contributed by atoms with Crippen molar-refractivity contribution in [2.45, 2.75) is 13.3 Å². The van der Waals surface area contributed by atoms with Crippen LogP contribution in [-0.2, 0) is 9.59 Å². The highest BCUT2D eigenvalue weighted by Gasteiger charge is 2.12. The maximum Gasteiger partial charge on any atom is 0.246 e. The molecule has 2 aromatic rings. The molecule has 2 aromatic carbocycles. The highest BCUT2D eigenvalue weighted by molar-refractivity contribution is 5.97. The number of hydrogen-bond acceptors (Lipinski definition) is 4. The normalized spacial score (nSPS) is 13.1. The molecule has 0 radical (unpaired) electrons. The molecule has 2 amide bonds. The summed E-state index contributed by atoms with van der Waals surface area (Å²) < 4.78 is 11.3. The summed E-state index contributed by atoms with van der Waals surface area (Å²) in [6.45, 7) is 3.19. The van der Waals surface area contributed by atoms with Crippen LogP contribution in [0.25, 0.3) is 6.08 Å². The summed E-state index contributed by atoms with van der Waals surface area (Å²) >= 11 is 0. The van der Waals surface area contributed by atoms with Crippen molar-refractivity contribution in [2.75, 3.05) is 32.1 Å². The fourth-order valence-corrected chi connectivity index (χ4v) is 2.71. The van der Waals surface area contributed by atoms with Crippen molar-refractivity contribution < 1.29 is 19.1 Å². The van der Waals surface area contributed by atoms with Gasteiger partial charge in [-0.05, 0) is 42.8 Å². The summed E-state index contributed by atoms with van der Waals surface area (Å²) in [4.78, 5) is 25.8. The predicted octanol–water partition coefficient (Wildman–Crippen LogP) is 3.27. The van der Waals surface area contributed by atoms with Crippen LogP contribution < -0.4 is 14.8 Å². The summed E-state index contributed by atoms with van der Waals surface area (Å²) in [6, 6.07) is 13.0. The monoisotopic (exact) mass is 380 g/mol. The highest BCUT2D eigenvalue weighted by Crippen LogP contribution is 2.30. The van der Waals surface area contributed by atoms with E-state index < -0.39 is 0 Å². The number of carbonyl (C=O) groups is 2. The Morgan fingerprint density at radius 2 is 1.79 bits per heavy atom. The molecule has 0 aliphatic carbocycles. The van der Waals surface area contributed by atoms with Crippen LogP contribution in [0.1, 0.15) is 17.5 Å². The zero-order valence-electron chi connectivity index (χ0n) is 16.1. The molecule has 0 spiro atoms. The van der Waals surface area contributed by atoms with E-state index in [2.05, 4.69) is 5.32 Å². The Kier molecular flexibility index (Phi) is 6.32. The summed E-state index contributed by atoms with van der Waals surface area (Å²) in [5.74, 6) is 0.888. The first-order valence-corrected chi connectivity index (χ1v) is 9.20. The number of amides is 2. The summed E-state index contributed by atoms with van der Waals surface area (Å²) in [7, 11) is 1.59. The number of fused-ring (bicyclic) bond motifs is 1. The zero-order chi connectivity index (χ0) is 19.9. The van der Waals surface area contributed by atoms with Gasteiger partial charge in [0.1, 0.15) is 0 Å². The summed E-state index contributed by atoms with van der Waals surface area (Å²) in [6.07, 6.45) is 3.98. The zero-order valence-corrected chi connectivity index (χ0v) is 16.1. The molecule has 146 valence electrons. The Morgan fingerprint density at radius 3 is 2.54 bits per heavy atom. The predicted molar refractivity (Wildman–Crippen MR) is 109 cm³/mol. The second kappa shape index (κ2) is 9.08. The molecule has 0 saturated carbocycles. The SMILES string of the molecule is Cc1ccc(NC(=O)CN(C)C(=O)C=Cc2ccc3c(c2)OCCCO3)cc1. The molecule has 1 N–H and O–H groups in total. The van der Waals surface area contributed by atoms with Gasteiger partial charge in [0.2, 0.25) is 11.8 Å². The van der Waals surface area contributed by atoms with Gasteiger partial charge >= 0.3 is 0 Å². The van der Waals surface area contributed by atoms with Gasteiger partial charge in [-0.2, -0.15) is 0 Å². The van der Waals surface area contributed by atoms with Crippen LogP contribution in [0.2, 0.25) is 0 Å². The molecule has 1 aliphatic heterocycles. The van der Waals surface area contributed by atoms with Crippen LogP contribution in [-0.4, -0.2) is 43.5 Å².